The molecule has 2 unspecified atom stereocenters. The number of hydrogen-bond donors (Lipinski definition) is 0. The Bertz CT molecular complexity index is 281. The number of rotatable bonds is 2. The van der Waals surface area contributed by atoms with Gasteiger partial charge in [0, 0.05) is 6.21 Å². The number of carbonyl (C=O) groups is 1. The lowest BCUT2D eigenvalue weighted by Crippen LogP contribution is -2.29. The van der Waals surface area contributed by atoms with Gasteiger partial charge in [0.15, 0.2) is 5.17 Å². The average molecular weight is 235 g/mol. The average Bonchev–Trinajstić information content (AvgIpc) is 2.17. The molecule has 0 saturated carbocycles. The van der Waals surface area contributed by atoms with E-state index in [1.165, 1.54) is 18.0 Å². The highest BCUT2D eigenvalue weighted by molar-refractivity contribution is 8.13. The Morgan fingerprint density at radius 2 is 2.50 bits per heavy atom. The lowest BCUT2D eigenvalue weighted by molar-refractivity contribution is -0.145. The molecule has 0 radical (unpaired) electrons. The van der Waals surface area contributed by atoms with Crippen LogP contribution in [0.15, 0.2) is 9.98 Å². The van der Waals surface area contributed by atoms with Crippen LogP contribution in [0.1, 0.15) is 6.92 Å². The van der Waals surface area contributed by atoms with Gasteiger partial charge in [-0.15, -0.1) is 0 Å². The number of aliphatic imine (C=N–C) groups is 2. The molecule has 1 heterocycles. The van der Waals surface area contributed by atoms with E-state index in [0.717, 1.165) is 0 Å². The van der Waals surface area contributed by atoms with E-state index in [4.69, 9.17) is 16.3 Å². The first-order valence-corrected chi connectivity index (χ1v) is 5.81. The molecule has 0 aromatic carbocycles. The molecule has 0 aliphatic carbocycles. The zero-order valence-corrected chi connectivity index (χ0v) is 9.51. The van der Waals surface area contributed by atoms with E-state index in [0.29, 0.717) is 11.8 Å². The topological polar surface area (TPSA) is 51.0 Å². The van der Waals surface area contributed by atoms with Crippen molar-refractivity contribution in [1.29, 1.82) is 0 Å². The number of carbonyl (C=O) groups excluding carboxylic acids is 1. The van der Waals surface area contributed by atoms with Crippen molar-refractivity contribution in [3.05, 3.63) is 0 Å². The summed E-state index contributed by atoms with van der Waals surface area (Å²) in [6.07, 6.45) is 3.35. The van der Waals surface area contributed by atoms with Gasteiger partial charge in [-0.1, -0.05) is 23.4 Å². The predicted molar refractivity (Wildman–Crippen MR) is 59.2 cm³/mol. The minimum atomic E-state index is -0.603. The van der Waals surface area contributed by atoms with Crippen molar-refractivity contribution in [2.45, 2.75) is 12.4 Å². The third-order valence-electron chi connectivity index (χ3n) is 1.62. The van der Waals surface area contributed by atoms with Gasteiger partial charge in [0.2, 0.25) is 0 Å². The van der Waals surface area contributed by atoms with Crippen LogP contribution in [0.4, 0.5) is 0 Å². The molecule has 2 atom stereocenters. The molecule has 0 N–H and O–H groups in total. The van der Waals surface area contributed by atoms with E-state index in [1.54, 1.807) is 6.92 Å². The standard InChI is InChI=1S/C8H11ClN2O2S/c1-3-13-7(12)5-4-10-8(14-2)11-6(5)9/h4-6H,3H2,1-2H3. The molecule has 0 bridgehead atoms. The molecule has 1 rings (SSSR count). The summed E-state index contributed by atoms with van der Waals surface area (Å²) < 4.78 is 4.83. The van der Waals surface area contributed by atoms with Crippen LogP contribution >= 0.6 is 23.4 Å². The molecule has 0 saturated heterocycles. The van der Waals surface area contributed by atoms with Gasteiger partial charge in [0.1, 0.15) is 11.4 Å². The third-order valence-corrected chi connectivity index (χ3v) is 2.56. The van der Waals surface area contributed by atoms with Gasteiger partial charge in [-0.05, 0) is 13.2 Å². The summed E-state index contributed by atoms with van der Waals surface area (Å²) in [4.78, 5) is 19.3. The molecule has 0 aromatic rings. The van der Waals surface area contributed by atoms with Gasteiger partial charge < -0.3 is 4.74 Å². The van der Waals surface area contributed by atoms with Crippen LogP contribution in [-0.4, -0.2) is 35.7 Å². The number of esters is 1. The summed E-state index contributed by atoms with van der Waals surface area (Å²) >= 11 is 7.29. The van der Waals surface area contributed by atoms with Crippen molar-refractivity contribution in [2.75, 3.05) is 12.9 Å². The Balaban J connectivity index is 2.64. The molecular weight excluding hydrogens is 224 g/mol. The second-order valence-electron chi connectivity index (χ2n) is 2.54. The second-order valence-corrected chi connectivity index (χ2v) is 3.77. The predicted octanol–water partition coefficient (Wildman–Crippen LogP) is 1.53. The lowest BCUT2D eigenvalue weighted by Gasteiger charge is -2.17. The molecule has 0 aromatic heterocycles. The van der Waals surface area contributed by atoms with Gasteiger partial charge in [-0.3, -0.25) is 4.79 Å². The van der Waals surface area contributed by atoms with Gasteiger partial charge in [0.25, 0.3) is 0 Å². The van der Waals surface area contributed by atoms with Gasteiger partial charge in [-0.2, -0.15) is 0 Å². The molecule has 4 nitrogen and oxygen atoms in total. The Morgan fingerprint density at radius 3 is 3.00 bits per heavy atom. The number of hydrogen-bond acceptors (Lipinski definition) is 5. The first-order valence-electron chi connectivity index (χ1n) is 4.15. The van der Waals surface area contributed by atoms with Crippen LogP contribution in [0.25, 0.3) is 0 Å². The van der Waals surface area contributed by atoms with Crippen molar-refractivity contribution in [1.82, 2.24) is 0 Å². The Kier molecular flexibility index (Phi) is 4.41. The normalized spacial score (nSPS) is 25.8. The van der Waals surface area contributed by atoms with Gasteiger partial charge in [0.05, 0.1) is 6.61 Å². The monoisotopic (exact) mass is 234 g/mol. The Labute approximate surface area is 91.8 Å². The van der Waals surface area contributed by atoms with E-state index < -0.39 is 11.4 Å². The lowest BCUT2D eigenvalue weighted by atomic mass is 10.1. The molecule has 78 valence electrons. The SMILES string of the molecule is CCOC(=O)C1C=NC(SC)=NC1Cl. The highest BCUT2D eigenvalue weighted by Gasteiger charge is 2.29. The molecule has 0 fully saturated rings. The molecule has 6 heteroatoms. The van der Waals surface area contributed by atoms with E-state index >= 15 is 0 Å². The molecule has 1 aliphatic rings. The summed E-state index contributed by atoms with van der Waals surface area (Å²) in [5, 5.41) is 0.588. The van der Waals surface area contributed by atoms with Crippen molar-refractivity contribution in [3.63, 3.8) is 0 Å². The minimum absolute atomic E-state index is 0.339. The van der Waals surface area contributed by atoms with Gasteiger partial charge in [-0.25, -0.2) is 9.98 Å². The summed E-state index contributed by atoms with van der Waals surface area (Å²) in [6, 6.07) is 0. The first kappa shape index (κ1) is 11.5. The van der Waals surface area contributed by atoms with E-state index in [9.17, 15) is 4.79 Å². The number of alkyl halides is 1. The van der Waals surface area contributed by atoms with Crippen molar-refractivity contribution >= 4 is 40.7 Å². The summed E-state index contributed by atoms with van der Waals surface area (Å²) in [5.74, 6) is -0.937. The number of thioether (sulfide) groups is 1. The number of ether oxygens (including phenoxy) is 1. The summed E-state index contributed by atoms with van der Waals surface area (Å²) in [6.45, 7) is 2.09. The van der Waals surface area contributed by atoms with Crippen LogP contribution < -0.4 is 0 Å². The van der Waals surface area contributed by atoms with E-state index in [1.807, 2.05) is 6.26 Å². The maximum Gasteiger partial charge on any atom is 0.317 e. The zero-order chi connectivity index (χ0) is 10.6. The maximum absolute atomic E-state index is 11.3. The Morgan fingerprint density at radius 1 is 1.79 bits per heavy atom. The largest absolute Gasteiger partial charge is 0.465 e. The third kappa shape index (κ3) is 2.72. The van der Waals surface area contributed by atoms with Crippen LogP contribution in [0.5, 0.6) is 0 Å². The smallest absolute Gasteiger partial charge is 0.317 e. The summed E-state index contributed by atoms with van der Waals surface area (Å²) in [5.41, 5.74) is -0.603. The van der Waals surface area contributed by atoms with Crippen LogP contribution in [0.2, 0.25) is 0 Å². The van der Waals surface area contributed by atoms with Crippen LogP contribution in [0, 0.1) is 5.92 Å². The second kappa shape index (κ2) is 5.36. The number of nitrogens with zero attached hydrogens (tertiary/aromatic N) is 2. The number of amidine groups is 1. The number of halogens is 1. The molecule has 1 aliphatic heterocycles. The molecule has 0 spiro atoms. The fraction of sp³-hybridized carbons (Fsp3) is 0.625. The summed E-state index contributed by atoms with van der Waals surface area (Å²) in [7, 11) is 0. The quantitative estimate of drug-likeness (QED) is 0.414. The van der Waals surface area contributed by atoms with Crippen LogP contribution in [-0.2, 0) is 9.53 Å². The van der Waals surface area contributed by atoms with E-state index in [2.05, 4.69) is 9.98 Å². The van der Waals surface area contributed by atoms with Crippen LogP contribution in [0.3, 0.4) is 0 Å². The van der Waals surface area contributed by atoms with Crippen molar-refractivity contribution in [3.8, 4) is 0 Å². The Hall–Kier alpha value is -0.550. The minimum Gasteiger partial charge on any atom is -0.465 e. The molecule has 14 heavy (non-hydrogen) atoms. The maximum atomic E-state index is 11.3. The van der Waals surface area contributed by atoms with Crippen molar-refractivity contribution < 1.29 is 9.53 Å². The molecule has 0 amide bonds. The van der Waals surface area contributed by atoms with E-state index in [-0.39, 0.29) is 5.97 Å². The fourth-order valence-corrected chi connectivity index (χ4v) is 1.65. The zero-order valence-electron chi connectivity index (χ0n) is 7.94. The first-order chi connectivity index (χ1) is 6.69. The van der Waals surface area contributed by atoms with Gasteiger partial charge >= 0.3 is 5.97 Å². The molecular formula is C8H11ClN2O2S. The van der Waals surface area contributed by atoms with Crippen molar-refractivity contribution in [2.24, 2.45) is 15.9 Å². The highest BCUT2D eigenvalue weighted by Crippen LogP contribution is 2.19. The fourth-order valence-electron chi connectivity index (χ4n) is 0.951. The highest BCUT2D eigenvalue weighted by atomic mass is 35.5.